The van der Waals surface area contributed by atoms with Crippen LogP contribution >= 0.6 is 0 Å². The Hall–Kier alpha value is -2.91. The van der Waals surface area contributed by atoms with Gasteiger partial charge in [0, 0.05) is 11.3 Å². The first-order valence-corrected chi connectivity index (χ1v) is 7.50. The topological polar surface area (TPSA) is 40.5 Å². The summed E-state index contributed by atoms with van der Waals surface area (Å²) in [7, 11) is 0. The Balaban J connectivity index is 1.96. The normalized spacial score (nSPS) is 19.7. The van der Waals surface area contributed by atoms with E-state index in [9.17, 15) is 9.90 Å². The molecule has 1 heterocycles. The number of anilines is 2. The van der Waals surface area contributed by atoms with Crippen LogP contribution in [0, 0.1) is 0 Å². The number of hydrogen-bond donors (Lipinski definition) is 1. The molecular formula is C20H15NO2. The monoisotopic (exact) mass is 301 g/mol. The summed E-state index contributed by atoms with van der Waals surface area (Å²) in [5.41, 5.74) is 0.996. The summed E-state index contributed by atoms with van der Waals surface area (Å²) in [6.07, 6.45) is 0. The second-order valence-corrected chi connectivity index (χ2v) is 5.57. The van der Waals surface area contributed by atoms with E-state index in [2.05, 4.69) is 0 Å². The summed E-state index contributed by atoms with van der Waals surface area (Å²) in [6, 6.07) is 25.9. The molecule has 0 saturated heterocycles. The van der Waals surface area contributed by atoms with Gasteiger partial charge in [0.2, 0.25) is 0 Å². The van der Waals surface area contributed by atoms with Crippen LogP contribution in [0.1, 0.15) is 11.1 Å². The first-order valence-electron chi connectivity index (χ1n) is 7.50. The molecule has 3 nitrogen and oxygen atoms in total. The maximum Gasteiger partial charge on any atom is 0.273 e. The van der Waals surface area contributed by atoms with Crippen LogP contribution in [0.25, 0.3) is 0 Å². The van der Waals surface area contributed by atoms with E-state index in [1.165, 1.54) is 0 Å². The Morgan fingerprint density at radius 1 is 0.739 bits per heavy atom. The molecule has 1 amide bonds. The maximum absolute atomic E-state index is 13.2. The number of fused-ring (bicyclic) bond motifs is 1. The minimum Gasteiger partial charge on any atom is -0.372 e. The molecule has 0 aromatic heterocycles. The van der Waals surface area contributed by atoms with Gasteiger partial charge in [0.25, 0.3) is 5.91 Å². The molecule has 1 unspecified atom stereocenters. The van der Waals surface area contributed by atoms with Gasteiger partial charge in [-0.05, 0) is 23.8 Å². The van der Waals surface area contributed by atoms with Crippen LogP contribution in [-0.4, -0.2) is 11.0 Å². The summed E-state index contributed by atoms with van der Waals surface area (Å²) >= 11 is 0. The number of amides is 1. The Kier molecular flexibility index (Phi) is 3.03. The fraction of sp³-hybridized carbons (Fsp3) is 0.0500. The number of benzene rings is 3. The largest absolute Gasteiger partial charge is 0.372 e. The maximum atomic E-state index is 13.2. The highest BCUT2D eigenvalue weighted by Gasteiger charge is 2.51. The van der Waals surface area contributed by atoms with E-state index in [0.717, 1.165) is 11.4 Å². The van der Waals surface area contributed by atoms with Gasteiger partial charge in [-0.2, -0.15) is 0 Å². The van der Waals surface area contributed by atoms with E-state index in [1.54, 1.807) is 17.0 Å². The van der Waals surface area contributed by atoms with Crippen LogP contribution in [0.15, 0.2) is 84.9 Å². The molecule has 4 rings (SSSR count). The number of para-hydroxylation sites is 2. The second-order valence-electron chi connectivity index (χ2n) is 5.57. The van der Waals surface area contributed by atoms with Gasteiger partial charge in [0.15, 0.2) is 5.60 Å². The molecule has 0 bridgehead atoms. The van der Waals surface area contributed by atoms with E-state index < -0.39 is 5.60 Å². The number of nitrogens with zero attached hydrogens (tertiary/aromatic N) is 1. The molecule has 0 fully saturated rings. The van der Waals surface area contributed by atoms with Crippen molar-refractivity contribution in [3.05, 3.63) is 96.1 Å². The van der Waals surface area contributed by atoms with E-state index in [0.29, 0.717) is 11.1 Å². The van der Waals surface area contributed by atoms with Crippen LogP contribution in [0.4, 0.5) is 11.4 Å². The van der Waals surface area contributed by atoms with Crippen molar-refractivity contribution in [2.75, 3.05) is 4.90 Å². The molecule has 0 aliphatic carbocycles. The molecule has 0 saturated carbocycles. The van der Waals surface area contributed by atoms with Gasteiger partial charge in [-0.3, -0.25) is 9.69 Å². The number of hydrogen-bond acceptors (Lipinski definition) is 2. The van der Waals surface area contributed by atoms with Crippen molar-refractivity contribution < 1.29 is 9.90 Å². The second kappa shape index (κ2) is 5.07. The molecule has 1 atom stereocenters. The molecule has 0 radical (unpaired) electrons. The number of carbonyl (C=O) groups excluding carboxylic acids is 1. The molecule has 1 N–H and O–H groups in total. The van der Waals surface area contributed by atoms with Crippen LogP contribution < -0.4 is 4.90 Å². The van der Waals surface area contributed by atoms with Crippen LogP contribution in [-0.2, 0) is 10.4 Å². The van der Waals surface area contributed by atoms with Crippen molar-refractivity contribution in [3.8, 4) is 0 Å². The van der Waals surface area contributed by atoms with Gasteiger partial charge >= 0.3 is 0 Å². The fourth-order valence-electron chi connectivity index (χ4n) is 3.15. The highest BCUT2D eigenvalue weighted by molar-refractivity contribution is 6.13. The Morgan fingerprint density at radius 2 is 1.30 bits per heavy atom. The van der Waals surface area contributed by atoms with Crippen molar-refractivity contribution in [3.63, 3.8) is 0 Å². The zero-order chi connectivity index (χ0) is 15.9. The Morgan fingerprint density at radius 3 is 2.00 bits per heavy atom. The van der Waals surface area contributed by atoms with Gasteiger partial charge in [-0.15, -0.1) is 0 Å². The fourth-order valence-corrected chi connectivity index (χ4v) is 3.15. The van der Waals surface area contributed by atoms with E-state index in [-0.39, 0.29) is 5.91 Å². The number of rotatable bonds is 2. The van der Waals surface area contributed by atoms with E-state index >= 15 is 0 Å². The molecule has 3 aromatic rings. The van der Waals surface area contributed by atoms with Crippen molar-refractivity contribution in [2.24, 2.45) is 0 Å². The minimum atomic E-state index is -1.66. The lowest BCUT2D eigenvalue weighted by atomic mass is 9.88. The minimum absolute atomic E-state index is 0.351. The zero-order valence-corrected chi connectivity index (χ0v) is 12.4. The molecule has 0 spiro atoms. The average molecular weight is 301 g/mol. The van der Waals surface area contributed by atoms with Gasteiger partial charge in [0.05, 0.1) is 5.69 Å². The third-order valence-electron chi connectivity index (χ3n) is 4.25. The number of carbonyl (C=O) groups is 1. The lowest BCUT2D eigenvalue weighted by molar-refractivity contribution is -0.131. The quantitative estimate of drug-likeness (QED) is 0.785. The van der Waals surface area contributed by atoms with Crippen LogP contribution in [0.2, 0.25) is 0 Å². The predicted octanol–water partition coefficient (Wildman–Crippen LogP) is 3.60. The van der Waals surface area contributed by atoms with E-state index in [1.807, 2.05) is 72.8 Å². The summed E-state index contributed by atoms with van der Waals surface area (Å²) in [6.45, 7) is 0. The Labute approximate surface area is 134 Å². The first-order chi connectivity index (χ1) is 11.2. The predicted molar refractivity (Wildman–Crippen MR) is 89.5 cm³/mol. The van der Waals surface area contributed by atoms with Crippen LogP contribution in [0.3, 0.4) is 0 Å². The highest BCUT2D eigenvalue weighted by Crippen LogP contribution is 2.47. The molecule has 1 aliphatic heterocycles. The smallest absolute Gasteiger partial charge is 0.273 e. The summed E-state index contributed by atoms with van der Waals surface area (Å²) in [4.78, 5) is 14.7. The number of aliphatic hydroxyl groups is 1. The lowest BCUT2D eigenvalue weighted by Gasteiger charge is -2.23. The van der Waals surface area contributed by atoms with Crippen molar-refractivity contribution in [2.45, 2.75) is 5.60 Å². The SMILES string of the molecule is O=C1N(c2ccccc2)c2ccccc2C1(O)c1ccccc1. The van der Waals surface area contributed by atoms with Gasteiger partial charge in [0.1, 0.15) is 0 Å². The van der Waals surface area contributed by atoms with Crippen molar-refractivity contribution in [1.82, 2.24) is 0 Å². The lowest BCUT2D eigenvalue weighted by Crippen LogP contribution is -2.39. The molecule has 1 aliphatic rings. The zero-order valence-electron chi connectivity index (χ0n) is 12.4. The summed E-state index contributed by atoms with van der Waals surface area (Å²) in [5, 5.41) is 11.3. The Bertz CT molecular complexity index is 861. The van der Waals surface area contributed by atoms with Gasteiger partial charge in [-0.25, -0.2) is 0 Å². The summed E-state index contributed by atoms with van der Waals surface area (Å²) in [5.74, 6) is -0.351. The van der Waals surface area contributed by atoms with Gasteiger partial charge < -0.3 is 5.11 Å². The van der Waals surface area contributed by atoms with Crippen molar-refractivity contribution in [1.29, 1.82) is 0 Å². The average Bonchev–Trinajstić information content (AvgIpc) is 2.86. The third-order valence-corrected chi connectivity index (χ3v) is 4.25. The molecule has 3 heteroatoms. The van der Waals surface area contributed by atoms with E-state index in [4.69, 9.17) is 0 Å². The third kappa shape index (κ3) is 1.91. The standard InChI is InChI=1S/C20H15NO2/c22-19-20(23,15-9-3-1-4-10-15)17-13-7-8-14-18(17)21(19)16-11-5-2-6-12-16/h1-14,23H. The molecule has 3 aromatic carbocycles. The first kappa shape index (κ1) is 13.7. The van der Waals surface area contributed by atoms with Crippen LogP contribution in [0.5, 0.6) is 0 Å². The molecular weight excluding hydrogens is 286 g/mol. The summed E-state index contributed by atoms with van der Waals surface area (Å²) < 4.78 is 0. The molecule has 23 heavy (non-hydrogen) atoms. The van der Waals surface area contributed by atoms with Gasteiger partial charge in [-0.1, -0.05) is 66.7 Å². The molecule has 112 valence electrons. The highest BCUT2D eigenvalue weighted by atomic mass is 16.3. The van der Waals surface area contributed by atoms with Crippen molar-refractivity contribution >= 4 is 17.3 Å².